The van der Waals surface area contributed by atoms with Gasteiger partial charge in [0.05, 0.1) is 7.11 Å². The average molecular weight is 276 g/mol. The van der Waals surface area contributed by atoms with Gasteiger partial charge in [-0.15, -0.1) is 0 Å². The van der Waals surface area contributed by atoms with Crippen molar-refractivity contribution in [3.8, 4) is 0 Å². The first-order valence-electron chi connectivity index (χ1n) is 6.75. The summed E-state index contributed by atoms with van der Waals surface area (Å²) in [5, 5.41) is 2.64. The molecule has 0 spiro atoms. The van der Waals surface area contributed by atoms with E-state index in [2.05, 4.69) is 22.0 Å². The van der Waals surface area contributed by atoms with E-state index in [1.165, 1.54) is 18.4 Å². The predicted octanol–water partition coefficient (Wildman–Crippen LogP) is 1.36. The summed E-state index contributed by atoms with van der Waals surface area (Å²) in [6.07, 6.45) is 2.07. The molecule has 5 heteroatoms. The molecule has 1 aromatic rings. The zero-order chi connectivity index (χ0) is 14.7. The molecule has 20 heavy (non-hydrogen) atoms. The number of amides is 1. The highest BCUT2D eigenvalue weighted by molar-refractivity contribution is 5.97. The zero-order valence-electron chi connectivity index (χ0n) is 12.1. The summed E-state index contributed by atoms with van der Waals surface area (Å²) in [6, 6.07) is 5.02. The van der Waals surface area contributed by atoms with Crippen LogP contribution in [0.1, 0.15) is 29.3 Å². The van der Waals surface area contributed by atoms with Gasteiger partial charge in [-0.25, -0.2) is 4.79 Å². The predicted molar refractivity (Wildman–Crippen MR) is 77.0 cm³/mol. The van der Waals surface area contributed by atoms with Gasteiger partial charge in [-0.1, -0.05) is 0 Å². The van der Waals surface area contributed by atoms with Crippen molar-refractivity contribution < 1.29 is 14.3 Å². The van der Waals surface area contributed by atoms with Crippen LogP contribution in [0.3, 0.4) is 0 Å². The molecule has 1 heterocycles. The highest BCUT2D eigenvalue weighted by atomic mass is 16.5. The van der Waals surface area contributed by atoms with Gasteiger partial charge in [0.1, 0.15) is 6.04 Å². The smallest absolute Gasteiger partial charge is 0.328 e. The van der Waals surface area contributed by atoms with E-state index in [4.69, 9.17) is 0 Å². The van der Waals surface area contributed by atoms with Gasteiger partial charge >= 0.3 is 5.97 Å². The Morgan fingerprint density at radius 2 is 2.15 bits per heavy atom. The third-order valence-electron chi connectivity index (χ3n) is 3.59. The largest absolute Gasteiger partial charge is 0.467 e. The Balaban J connectivity index is 2.13. The molecule has 1 aliphatic heterocycles. The molecule has 0 saturated heterocycles. The van der Waals surface area contributed by atoms with E-state index >= 15 is 0 Å². The van der Waals surface area contributed by atoms with Gasteiger partial charge in [-0.05, 0) is 43.5 Å². The second-order valence-electron chi connectivity index (χ2n) is 5.09. The minimum Gasteiger partial charge on any atom is -0.467 e. The molecule has 1 aliphatic rings. The normalized spacial score (nSPS) is 15.2. The van der Waals surface area contributed by atoms with Crippen LogP contribution in [0.5, 0.6) is 0 Å². The lowest BCUT2D eigenvalue weighted by molar-refractivity contribution is -0.142. The summed E-state index contributed by atoms with van der Waals surface area (Å²) >= 11 is 0. The van der Waals surface area contributed by atoms with Crippen LogP contribution >= 0.6 is 0 Å². The van der Waals surface area contributed by atoms with E-state index < -0.39 is 12.0 Å². The molecule has 0 aliphatic carbocycles. The average Bonchev–Trinajstić information content (AvgIpc) is 2.46. The molecule has 1 N–H and O–H groups in total. The quantitative estimate of drug-likeness (QED) is 0.847. The van der Waals surface area contributed by atoms with E-state index in [1.54, 1.807) is 13.0 Å². The molecule has 0 saturated carbocycles. The maximum Gasteiger partial charge on any atom is 0.328 e. The molecule has 1 amide bonds. The van der Waals surface area contributed by atoms with Crippen LogP contribution in [-0.2, 0) is 16.0 Å². The number of fused-ring (bicyclic) bond motifs is 1. The minimum absolute atomic E-state index is 0.251. The number of rotatable bonds is 3. The number of ether oxygens (including phenoxy) is 1. The third kappa shape index (κ3) is 2.92. The standard InChI is InChI=1S/C15H20N2O3/c1-10(15(19)20-3)16-14(18)12-6-7-13-11(9-12)5-4-8-17(13)2/h6-7,9-10H,4-5,8H2,1-3H3,(H,16,18). The monoisotopic (exact) mass is 276 g/mol. The number of aryl methyl sites for hydroxylation is 1. The zero-order valence-corrected chi connectivity index (χ0v) is 12.1. The fourth-order valence-electron chi connectivity index (χ4n) is 2.44. The van der Waals surface area contributed by atoms with E-state index in [-0.39, 0.29) is 5.91 Å². The maximum atomic E-state index is 12.1. The Labute approximate surface area is 118 Å². The molecular weight excluding hydrogens is 256 g/mol. The van der Waals surface area contributed by atoms with Gasteiger partial charge in [-0.2, -0.15) is 0 Å². The van der Waals surface area contributed by atoms with Crippen LogP contribution < -0.4 is 10.2 Å². The van der Waals surface area contributed by atoms with Gasteiger partial charge < -0.3 is 15.0 Å². The van der Waals surface area contributed by atoms with E-state index in [0.717, 1.165) is 19.4 Å². The van der Waals surface area contributed by atoms with Crippen molar-refractivity contribution in [2.75, 3.05) is 25.6 Å². The summed E-state index contributed by atoms with van der Waals surface area (Å²) in [7, 11) is 3.36. The van der Waals surface area contributed by atoms with E-state index in [0.29, 0.717) is 5.56 Å². The van der Waals surface area contributed by atoms with Crippen molar-refractivity contribution in [1.82, 2.24) is 5.32 Å². The fraction of sp³-hybridized carbons (Fsp3) is 0.467. The number of anilines is 1. The topological polar surface area (TPSA) is 58.6 Å². The number of benzene rings is 1. The van der Waals surface area contributed by atoms with Crippen LogP contribution in [0.25, 0.3) is 0 Å². The summed E-state index contributed by atoms with van der Waals surface area (Å²) in [5.74, 6) is -0.699. The number of carbonyl (C=O) groups is 2. The Kier molecular flexibility index (Phi) is 4.27. The first-order chi connectivity index (χ1) is 9.52. The van der Waals surface area contributed by atoms with Crippen LogP contribution in [-0.4, -0.2) is 38.6 Å². The lowest BCUT2D eigenvalue weighted by atomic mass is 9.99. The van der Waals surface area contributed by atoms with E-state index in [1.807, 2.05) is 12.1 Å². The van der Waals surface area contributed by atoms with Gasteiger partial charge in [0, 0.05) is 24.8 Å². The Morgan fingerprint density at radius 1 is 1.40 bits per heavy atom. The van der Waals surface area contributed by atoms with Crippen LogP contribution in [0.15, 0.2) is 18.2 Å². The van der Waals surface area contributed by atoms with Crippen LogP contribution in [0.4, 0.5) is 5.69 Å². The first-order valence-corrected chi connectivity index (χ1v) is 6.75. The Hall–Kier alpha value is -2.04. The SMILES string of the molecule is COC(=O)C(C)NC(=O)c1ccc2c(c1)CCCN2C. The highest BCUT2D eigenvalue weighted by Crippen LogP contribution is 2.26. The maximum absolute atomic E-state index is 12.1. The molecule has 1 atom stereocenters. The van der Waals surface area contributed by atoms with Crippen molar-refractivity contribution in [3.63, 3.8) is 0 Å². The number of carbonyl (C=O) groups excluding carboxylic acids is 2. The summed E-state index contributed by atoms with van der Waals surface area (Å²) in [5.41, 5.74) is 2.93. The van der Waals surface area contributed by atoms with Crippen LogP contribution in [0, 0.1) is 0 Å². The summed E-state index contributed by atoms with van der Waals surface area (Å²) in [4.78, 5) is 25.6. The first kappa shape index (κ1) is 14.4. The van der Waals surface area contributed by atoms with Gasteiger partial charge in [-0.3, -0.25) is 4.79 Å². The molecule has 5 nitrogen and oxygen atoms in total. The van der Waals surface area contributed by atoms with Crippen molar-refractivity contribution in [2.45, 2.75) is 25.8 Å². The molecule has 108 valence electrons. The number of hydrogen-bond donors (Lipinski definition) is 1. The molecule has 0 bridgehead atoms. The van der Waals surface area contributed by atoms with Crippen molar-refractivity contribution >= 4 is 17.6 Å². The van der Waals surface area contributed by atoms with Crippen molar-refractivity contribution in [3.05, 3.63) is 29.3 Å². The fourth-order valence-corrected chi connectivity index (χ4v) is 2.44. The lowest BCUT2D eigenvalue weighted by Gasteiger charge is -2.27. The van der Waals surface area contributed by atoms with Gasteiger partial charge in [0.15, 0.2) is 0 Å². The van der Waals surface area contributed by atoms with Gasteiger partial charge in [0.2, 0.25) is 0 Å². The number of nitrogens with zero attached hydrogens (tertiary/aromatic N) is 1. The molecule has 0 aromatic heterocycles. The highest BCUT2D eigenvalue weighted by Gasteiger charge is 2.19. The minimum atomic E-state index is -0.647. The lowest BCUT2D eigenvalue weighted by Crippen LogP contribution is -2.39. The van der Waals surface area contributed by atoms with Crippen LogP contribution in [0.2, 0.25) is 0 Å². The molecule has 0 radical (unpaired) electrons. The Bertz CT molecular complexity index is 528. The summed E-state index contributed by atoms with van der Waals surface area (Å²) in [6.45, 7) is 2.65. The number of methoxy groups -OCH3 is 1. The van der Waals surface area contributed by atoms with Gasteiger partial charge in [0.25, 0.3) is 5.91 Å². The molecular formula is C15H20N2O3. The Morgan fingerprint density at radius 3 is 2.85 bits per heavy atom. The molecule has 1 aromatic carbocycles. The molecule has 2 rings (SSSR count). The number of nitrogens with one attached hydrogen (secondary N) is 1. The number of esters is 1. The third-order valence-corrected chi connectivity index (χ3v) is 3.59. The molecule has 0 fully saturated rings. The molecule has 1 unspecified atom stereocenters. The number of hydrogen-bond acceptors (Lipinski definition) is 4. The van der Waals surface area contributed by atoms with E-state index in [9.17, 15) is 9.59 Å². The van der Waals surface area contributed by atoms with Crippen molar-refractivity contribution in [1.29, 1.82) is 0 Å². The second kappa shape index (κ2) is 5.94. The van der Waals surface area contributed by atoms with Crippen molar-refractivity contribution in [2.24, 2.45) is 0 Å². The second-order valence-corrected chi connectivity index (χ2v) is 5.09. The summed E-state index contributed by atoms with van der Waals surface area (Å²) < 4.78 is 4.59.